The number of hydrogen-bond donors (Lipinski definition) is 2. The molecular weight excluding hydrogens is 525 g/mol. The van der Waals surface area contributed by atoms with Gasteiger partial charge in [0.05, 0.1) is 12.6 Å². The highest BCUT2D eigenvalue weighted by Gasteiger charge is 2.20. The van der Waals surface area contributed by atoms with E-state index in [4.69, 9.17) is 4.99 Å². The second-order valence-electron chi connectivity index (χ2n) is 8.80. The van der Waals surface area contributed by atoms with Crippen LogP contribution in [0.5, 0.6) is 0 Å². The van der Waals surface area contributed by atoms with Gasteiger partial charge in [-0.25, -0.2) is 4.99 Å². The number of benzene rings is 2. The highest BCUT2D eigenvalue weighted by Crippen LogP contribution is 2.17. The van der Waals surface area contributed by atoms with Gasteiger partial charge in [-0.05, 0) is 43.0 Å². The van der Waals surface area contributed by atoms with Gasteiger partial charge in [0.2, 0.25) is 0 Å². The van der Waals surface area contributed by atoms with Crippen LogP contribution in [0.4, 0.5) is 5.69 Å². The maximum Gasteiger partial charge on any atom is 0.194 e. The first-order valence-electron chi connectivity index (χ1n) is 12.0. The van der Waals surface area contributed by atoms with Crippen molar-refractivity contribution in [2.24, 2.45) is 4.99 Å². The van der Waals surface area contributed by atoms with Gasteiger partial charge in [0.15, 0.2) is 5.96 Å². The first-order chi connectivity index (χ1) is 15.7. The van der Waals surface area contributed by atoms with Crippen LogP contribution in [-0.4, -0.2) is 72.8 Å². The van der Waals surface area contributed by atoms with Crippen molar-refractivity contribution in [3.05, 3.63) is 65.7 Å². The summed E-state index contributed by atoms with van der Waals surface area (Å²) in [5, 5.41) is 13.2. The molecule has 6 nitrogen and oxygen atoms in total. The number of para-hydroxylation sites is 1. The van der Waals surface area contributed by atoms with E-state index in [0.29, 0.717) is 6.54 Å². The van der Waals surface area contributed by atoms with Crippen LogP contribution >= 0.6 is 24.0 Å². The summed E-state index contributed by atoms with van der Waals surface area (Å²) in [5.41, 5.74) is 3.87. The monoisotopic (exact) mass is 563 g/mol. The molecule has 4 rings (SSSR count). The van der Waals surface area contributed by atoms with Crippen molar-refractivity contribution >= 4 is 35.6 Å². The molecule has 0 aliphatic carbocycles. The topological polar surface area (TPSA) is 54.3 Å². The van der Waals surface area contributed by atoms with Crippen LogP contribution in [0.25, 0.3) is 0 Å². The second kappa shape index (κ2) is 13.2. The molecular formula is C26H38IN5O. The lowest BCUT2D eigenvalue weighted by molar-refractivity contribution is 0.0792. The predicted octanol–water partition coefficient (Wildman–Crippen LogP) is 3.55. The zero-order chi connectivity index (χ0) is 22.2. The van der Waals surface area contributed by atoms with E-state index >= 15 is 0 Å². The zero-order valence-electron chi connectivity index (χ0n) is 19.7. The largest absolute Gasteiger partial charge is 0.393 e. The molecule has 0 atom stereocenters. The minimum absolute atomic E-state index is 0. The number of piperidine rings is 1. The molecule has 2 fully saturated rings. The lowest BCUT2D eigenvalue weighted by Crippen LogP contribution is -2.52. The van der Waals surface area contributed by atoms with Gasteiger partial charge in [-0.3, -0.25) is 4.90 Å². The third-order valence-electron chi connectivity index (χ3n) is 6.43. The minimum Gasteiger partial charge on any atom is -0.393 e. The first-order valence-corrected chi connectivity index (χ1v) is 12.0. The Morgan fingerprint density at radius 1 is 0.909 bits per heavy atom. The van der Waals surface area contributed by atoms with Crippen LogP contribution in [0.15, 0.2) is 59.6 Å². The standard InChI is InChI=1S/C26H37N5O.HI/c1-2-27-26(31-18-16-30(17-19-31)24-6-4-3-5-7-24)28-20-22-8-10-23(11-9-22)21-29-14-12-25(32)13-15-29;/h3-11,25,32H,2,12-21H2,1H3,(H,27,28);1H. The highest BCUT2D eigenvalue weighted by molar-refractivity contribution is 14.0. The van der Waals surface area contributed by atoms with Crippen molar-refractivity contribution in [2.45, 2.75) is 39.0 Å². The smallest absolute Gasteiger partial charge is 0.194 e. The van der Waals surface area contributed by atoms with Crippen LogP contribution in [0.2, 0.25) is 0 Å². The molecule has 0 aromatic heterocycles. The van der Waals surface area contributed by atoms with Gasteiger partial charge in [-0.1, -0.05) is 42.5 Å². The van der Waals surface area contributed by atoms with Crippen molar-refractivity contribution in [3.8, 4) is 0 Å². The fourth-order valence-electron chi connectivity index (χ4n) is 4.49. The van der Waals surface area contributed by atoms with E-state index in [0.717, 1.165) is 71.2 Å². The molecule has 2 saturated heterocycles. The Hall–Kier alpha value is -1.84. The quantitative estimate of drug-likeness (QED) is 0.320. The number of likely N-dealkylation sites (tertiary alicyclic amines) is 1. The molecule has 0 saturated carbocycles. The minimum atomic E-state index is -0.112. The van der Waals surface area contributed by atoms with Gasteiger partial charge in [0.25, 0.3) is 0 Å². The predicted molar refractivity (Wildman–Crippen MR) is 147 cm³/mol. The van der Waals surface area contributed by atoms with Crippen molar-refractivity contribution in [3.63, 3.8) is 0 Å². The molecule has 2 heterocycles. The fraction of sp³-hybridized carbons (Fsp3) is 0.500. The number of nitrogens with zero attached hydrogens (tertiary/aromatic N) is 4. The van der Waals surface area contributed by atoms with Crippen LogP contribution in [0.3, 0.4) is 0 Å². The Morgan fingerprint density at radius 2 is 1.55 bits per heavy atom. The molecule has 0 spiro atoms. The Kier molecular flexibility index (Phi) is 10.3. The number of nitrogens with one attached hydrogen (secondary N) is 1. The van der Waals surface area contributed by atoms with Crippen LogP contribution < -0.4 is 10.2 Å². The van der Waals surface area contributed by atoms with Gasteiger partial charge in [-0.15, -0.1) is 24.0 Å². The summed E-state index contributed by atoms with van der Waals surface area (Å²) >= 11 is 0. The third kappa shape index (κ3) is 7.58. The summed E-state index contributed by atoms with van der Waals surface area (Å²) in [6.07, 6.45) is 1.66. The number of piperazine rings is 1. The van der Waals surface area contributed by atoms with Crippen LogP contribution in [0, 0.1) is 0 Å². The Bertz CT molecular complexity index is 845. The number of rotatable bonds is 6. The molecule has 0 radical (unpaired) electrons. The molecule has 33 heavy (non-hydrogen) atoms. The molecule has 0 unspecified atom stereocenters. The molecule has 2 N–H and O–H groups in total. The second-order valence-corrected chi connectivity index (χ2v) is 8.80. The Labute approximate surface area is 215 Å². The highest BCUT2D eigenvalue weighted by atomic mass is 127. The number of halogens is 1. The van der Waals surface area contributed by atoms with Crippen molar-refractivity contribution in [2.75, 3.05) is 50.7 Å². The van der Waals surface area contributed by atoms with E-state index in [1.165, 1.54) is 16.8 Å². The molecule has 2 aromatic rings. The van der Waals surface area contributed by atoms with Gasteiger partial charge in [-0.2, -0.15) is 0 Å². The summed E-state index contributed by atoms with van der Waals surface area (Å²) in [7, 11) is 0. The van der Waals surface area contributed by atoms with E-state index in [1.54, 1.807) is 0 Å². The summed E-state index contributed by atoms with van der Waals surface area (Å²) < 4.78 is 0. The molecule has 2 aliphatic rings. The normalized spacial score (nSPS) is 18.2. The molecule has 2 aliphatic heterocycles. The lowest BCUT2D eigenvalue weighted by Gasteiger charge is -2.37. The number of anilines is 1. The summed E-state index contributed by atoms with van der Waals surface area (Å²) in [4.78, 5) is 12.2. The van der Waals surface area contributed by atoms with Crippen molar-refractivity contribution in [1.29, 1.82) is 0 Å². The summed E-state index contributed by atoms with van der Waals surface area (Å²) in [6, 6.07) is 19.5. The maximum absolute atomic E-state index is 9.68. The van der Waals surface area contributed by atoms with Crippen molar-refractivity contribution < 1.29 is 5.11 Å². The lowest BCUT2D eigenvalue weighted by atomic mass is 10.1. The number of aliphatic hydroxyl groups is 1. The zero-order valence-corrected chi connectivity index (χ0v) is 22.0. The third-order valence-corrected chi connectivity index (χ3v) is 6.43. The Morgan fingerprint density at radius 3 is 2.18 bits per heavy atom. The maximum atomic E-state index is 9.68. The van der Waals surface area contributed by atoms with Crippen LogP contribution in [0.1, 0.15) is 30.9 Å². The molecule has 0 bridgehead atoms. The molecule has 180 valence electrons. The van der Waals surface area contributed by atoms with Crippen LogP contribution in [-0.2, 0) is 13.1 Å². The average Bonchev–Trinajstić information content (AvgIpc) is 2.85. The van der Waals surface area contributed by atoms with Gasteiger partial charge >= 0.3 is 0 Å². The van der Waals surface area contributed by atoms with E-state index in [2.05, 4.69) is 81.5 Å². The van der Waals surface area contributed by atoms with E-state index in [1.807, 2.05) is 0 Å². The summed E-state index contributed by atoms with van der Waals surface area (Å²) in [5.74, 6) is 1.01. The number of guanidine groups is 1. The average molecular weight is 564 g/mol. The van der Waals surface area contributed by atoms with E-state index < -0.39 is 0 Å². The van der Waals surface area contributed by atoms with Gasteiger partial charge in [0.1, 0.15) is 0 Å². The first kappa shape index (κ1) is 25.8. The van der Waals surface area contributed by atoms with E-state index in [-0.39, 0.29) is 30.1 Å². The fourth-order valence-corrected chi connectivity index (χ4v) is 4.49. The SMILES string of the molecule is CCNC(=NCc1ccc(CN2CCC(O)CC2)cc1)N1CCN(c2ccccc2)CC1.I. The number of aliphatic imine (C=N–C) groups is 1. The molecule has 0 amide bonds. The molecule has 7 heteroatoms. The van der Waals surface area contributed by atoms with Gasteiger partial charge in [0, 0.05) is 58.0 Å². The number of hydrogen-bond acceptors (Lipinski definition) is 4. The van der Waals surface area contributed by atoms with Crippen molar-refractivity contribution in [1.82, 2.24) is 15.1 Å². The van der Waals surface area contributed by atoms with Gasteiger partial charge < -0.3 is 20.2 Å². The van der Waals surface area contributed by atoms with E-state index in [9.17, 15) is 5.11 Å². The number of aliphatic hydroxyl groups excluding tert-OH is 1. The molecule has 2 aromatic carbocycles. The summed E-state index contributed by atoms with van der Waals surface area (Å²) in [6.45, 7) is 10.6. The Balaban J connectivity index is 0.00000306.